The number of hydrogen-bond donors (Lipinski definition) is 0. The van der Waals surface area contributed by atoms with E-state index < -0.39 is 0 Å². The minimum absolute atomic E-state index is 0.182. The molecule has 0 aliphatic rings. The van der Waals surface area contributed by atoms with E-state index in [4.69, 9.17) is 14.2 Å². The van der Waals surface area contributed by atoms with Crippen molar-refractivity contribution in [2.45, 2.75) is 13.5 Å². The third-order valence-electron chi connectivity index (χ3n) is 2.65. The van der Waals surface area contributed by atoms with Crippen molar-refractivity contribution in [3.05, 3.63) is 52.5 Å². The Morgan fingerprint density at radius 2 is 1.86 bits per heavy atom. The van der Waals surface area contributed by atoms with E-state index in [1.54, 1.807) is 19.2 Å². The van der Waals surface area contributed by atoms with Gasteiger partial charge in [0.2, 0.25) is 0 Å². The van der Waals surface area contributed by atoms with Crippen LogP contribution in [0.5, 0.6) is 17.2 Å². The molecule has 0 aromatic heterocycles. The van der Waals surface area contributed by atoms with Crippen LogP contribution in [0, 0.1) is 0 Å². The fraction of sp³-hybridized carbons (Fsp3) is 0.188. The highest BCUT2D eigenvalue weighted by atomic mass is 79.9. The summed E-state index contributed by atoms with van der Waals surface area (Å²) in [5.74, 6) is 1.64. The molecule has 21 heavy (non-hydrogen) atoms. The number of carbonyl (C=O) groups is 1. The molecule has 0 radical (unpaired) electrons. The van der Waals surface area contributed by atoms with Gasteiger partial charge in [0.1, 0.15) is 23.9 Å². The molecule has 2 aromatic rings. The Kier molecular flexibility index (Phi) is 5.22. The first-order valence-corrected chi connectivity index (χ1v) is 7.11. The van der Waals surface area contributed by atoms with Gasteiger partial charge in [-0.15, -0.1) is 0 Å². The van der Waals surface area contributed by atoms with Crippen molar-refractivity contribution in [1.82, 2.24) is 0 Å². The van der Waals surface area contributed by atoms with Gasteiger partial charge in [0.25, 0.3) is 0 Å². The van der Waals surface area contributed by atoms with E-state index in [1.165, 1.54) is 6.92 Å². The van der Waals surface area contributed by atoms with Gasteiger partial charge < -0.3 is 14.2 Å². The normalized spacial score (nSPS) is 10.0. The Morgan fingerprint density at radius 1 is 1.10 bits per heavy atom. The van der Waals surface area contributed by atoms with Gasteiger partial charge in [0.15, 0.2) is 0 Å². The molecular formula is C16H15BrO4. The van der Waals surface area contributed by atoms with Gasteiger partial charge in [-0.05, 0) is 35.9 Å². The number of halogens is 1. The molecule has 2 rings (SSSR count). The third-order valence-corrected chi connectivity index (χ3v) is 3.14. The highest BCUT2D eigenvalue weighted by Gasteiger charge is 2.06. The first-order chi connectivity index (χ1) is 10.1. The standard InChI is InChI=1S/C16H15BrO4/c1-11(18)20-10-12-6-15(19-2)9-16(7-12)21-14-5-3-4-13(17)8-14/h3-9H,10H2,1-2H3. The number of carbonyl (C=O) groups excluding carboxylic acids is 1. The predicted octanol–water partition coefficient (Wildman–Crippen LogP) is 4.31. The summed E-state index contributed by atoms with van der Waals surface area (Å²) in [5.41, 5.74) is 0.801. The maximum atomic E-state index is 10.9. The molecule has 4 nitrogen and oxygen atoms in total. The number of methoxy groups -OCH3 is 1. The van der Waals surface area contributed by atoms with Gasteiger partial charge in [-0.25, -0.2) is 0 Å². The maximum Gasteiger partial charge on any atom is 0.302 e. The smallest absolute Gasteiger partial charge is 0.302 e. The topological polar surface area (TPSA) is 44.8 Å². The minimum atomic E-state index is -0.327. The van der Waals surface area contributed by atoms with Gasteiger partial charge in [-0.2, -0.15) is 0 Å². The summed E-state index contributed by atoms with van der Waals surface area (Å²) in [6.45, 7) is 1.56. The average molecular weight is 351 g/mol. The Hall–Kier alpha value is -2.01. The number of ether oxygens (including phenoxy) is 3. The molecule has 0 heterocycles. The maximum absolute atomic E-state index is 10.9. The highest BCUT2D eigenvalue weighted by molar-refractivity contribution is 9.10. The summed E-state index contributed by atoms with van der Waals surface area (Å²) in [4.78, 5) is 10.9. The van der Waals surface area contributed by atoms with E-state index in [2.05, 4.69) is 15.9 Å². The first kappa shape index (κ1) is 15.4. The van der Waals surface area contributed by atoms with Gasteiger partial charge in [-0.1, -0.05) is 22.0 Å². The highest BCUT2D eigenvalue weighted by Crippen LogP contribution is 2.29. The van der Waals surface area contributed by atoms with Gasteiger partial charge in [0.05, 0.1) is 7.11 Å². The molecule has 0 N–H and O–H groups in total. The van der Waals surface area contributed by atoms with Gasteiger partial charge in [-0.3, -0.25) is 4.79 Å². The van der Waals surface area contributed by atoms with E-state index in [0.717, 1.165) is 10.0 Å². The molecule has 0 amide bonds. The monoisotopic (exact) mass is 350 g/mol. The number of benzene rings is 2. The molecule has 110 valence electrons. The summed E-state index contributed by atoms with van der Waals surface area (Å²) < 4.78 is 17.0. The van der Waals surface area contributed by atoms with E-state index in [1.807, 2.05) is 30.3 Å². The lowest BCUT2D eigenvalue weighted by molar-refractivity contribution is -0.142. The largest absolute Gasteiger partial charge is 0.497 e. The van der Waals surface area contributed by atoms with Crippen molar-refractivity contribution in [3.8, 4) is 17.2 Å². The van der Waals surface area contributed by atoms with Crippen molar-refractivity contribution < 1.29 is 19.0 Å². The molecule has 0 spiro atoms. The lowest BCUT2D eigenvalue weighted by Gasteiger charge is -2.11. The molecule has 0 atom stereocenters. The van der Waals surface area contributed by atoms with Gasteiger partial charge in [0, 0.05) is 17.5 Å². The minimum Gasteiger partial charge on any atom is -0.497 e. The van der Waals surface area contributed by atoms with Crippen LogP contribution in [-0.2, 0) is 16.1 Å². The van der Waals surface area contributed by atoms with Crippen LogP contribution < -0.4 is 9.47 Å². The van der Waals surface area contributed by atoms with Crippen molar-refractivity contribution in [2.24, 2.45) is 0 Å². The second-order valence-electron chi connectivity index (χ2n) is 4.36. The van der Waals surface area contributed by atoms with Crippen LogP contribution >= 0.6 is 15.9 Å². The molecule has 0 fully saturated rings. The second-order valence-corrected chi connectivity index (χ2v) is 5.27. The molecule has 0 aliphatic carbocycles. The Labute approximate surface area is 131 Å². The zero-order chi connectivity index (χ0) is 15.2. The summed E-state index contributed by atoms with van der Waals surface area (Å²) in [7, 11) is 1.58. The zero-order valence-corrected chi connectivity index (χ0v) is 13.3. The summed E-state index contributed by atoms with van der Waals surface area (Å²) >= 11 is 3.40. The molecule has 5 heteroatoms. The van der Waals surface area contributed by atoms with Crippen LogP contribution in [0.15, 0.2) is 46.9 Å². The molecule has 0 unspecified atom stereocenters. The van der Waals surface area contributed by atoms with E-state index in [9.17, 15) is 4.79 Å². The lowest BCUT2D eigenvalue weighted by atomic mass is 10.2. The summed E-state index contributed by atoms with van der Waals surface area (Å²) in [6.07, 6.45) is 0. The number of rotatable bonds is 5. The van der Waals surface area contributed by atoms with E-state index >= 15 is 0 Å². The Balaban J connectivity index is 2.21. The van der Waals surface area contributed by atoms with Gasteiger partial charge >= 0.3 is 5.97 Å². The van der Waals surface area contributed by atoms with Crippen LogP contribution in [0.2, 0.25) is 0 Å². The summed E-state index contributed by atoms with van der Waals surface area (Å²) in [5, 5.41) is 0. The predicted molar refractivity (Wildman–Crippen MR) is 82.7 cm³/mol. The van der Waals surface area contributed by atoms with E-state index in [-0.39, 0.29) is 12.6 Å². The van der Waals surface area contributed by atoms with Crippen LogP contribution in [0.1, 0.15) is 12.5 Å². The fourth-order valence-corrected chi connectivity index (χ4v) is 2.12. The van der Waals surface area contributed by atoms with Crippen molar-refractivity contribution >= 4 is 21.9 Å². The SMILES string of the molecule is COc1cc(COC(C)=O)cc(Oc2cccc(Br)c2)c1. The molecule has 0 saturated carbocycles. The Bertz CT molecular complexity index is 640. The number of esters is 1. The number of hydrogen-bond acceptors (Lipinski definition) is 4. The fourth-order valence-electron chi connectivity index (χ4n) is 1.74. The molecule has 0 bridgehead atoms. The van der Waals surface area contributed by atoms with Crippen molar-refractivity contribution in [3.63, 3.8) is 0 Å². The van der Waals surface area contributed by atoms with Crippen LogP contribution in [0.3, 0.4) is 0 Å². The lowest BCUT2D eigenvalue weighted by Crippen LogP contribution is -1.99. The third kappa shape index (κ3) is 4.79. The molecular weight excluding hydrogens is 336 g/mol. The Morgan fingerprint density at radius 3 is 2.52 bits per heavy atom. The molecule has 0 aliphatic heterocycles. The van der Waals surface area contributed by atoms with Crippen LogP contribution in [0.25, 0.3) is 0 Å². The second kappa shape index (κ2) is 7.13. The first-order valence-electron chi connectivity index (χ1n) is 6.31. The quantitative estimate of drug-likeness (QED) is 0.753. The molecule has 2 aromatic carbocycles. The van der Waals surface area contributed by atoms with Crippen molar-refractivity contribution in [2.75, 3.05) is 7.11 Å². The van der Waals surface area contributed by atoms with E-state index in [0.29, 0.717) is 17.2 Å². The van der Waals surface area contributed by atoms with Crippen LogP contribution in [-0.4, -0.2) is 13.1 Å². The van der Waals surface area contributed by atoms with Crippen molar-refractivity contribution in [1.29, 1.82) is 0 Å². The average Bonchev–Trinajstić information content (AvgIpc) is 2.45. The zero-order valence-electron chi connectivity index (χ0n) is 11.8. The molecule has 0 saturated heterocycles. The van der Waals surface area contributed by atoms with Crippen LogP contribution in [0.4, 0.5) is 0 Å². The summed E-state index contributed by atoms with van der Waals surface area (Å²) in [6, 6.07) is 12.9.